The molecular weight excluding hydrogens is 230 g/mol. The molecule has 6 heteroatoms. The van der Waals surface area contributed by atoms with Crippen molar-refractivity contribution in [3.05, 3.63) is 15.6 Å². The second-order valence-corrected chi connectivity index (χ2v) is 5.45. The van der Waals surface area contributed by atoms with Crippen molar-refractivity contribution in [2.75, 3.05) is 6.26 Å². The number of nitrogens with one attached hydrogen (secondary N) is 1. The van der Waals surface area contributed by atoms with E-state index < -0.39 is 0 Å². The molecule has 0 aliphatic heterocycles. The third-order valence-corrected chi connectivity index (χ3v) is 4.08. The third-order valence-electron chi connectivity index (χ3n) is 2.27. The Kier molecular flexibility index (Phi) is 3.28. The number of hydrogen-bond acceptors (Lipinski definition) is 5. The van der Waals surface area contributed by atoms with Crippen LogP contribution < -0.4 is 11.3 Å². The normalized spacial score (nSPS) is 15.3. The number of nitrogens with zero attached hydrogens (tertiary/aromatic N) is 1. The van der Waals surface area contributed by atoms with Crippen molar-refractivity contribution in [2.24, 2.45) is 5.84 Å². The highest BCUT2D eigenvalue weighted by molar-refractivity contribution is 7.97. The van der Waals surface area contributed by atoms with Crippen molar-refractivity contribution in [1.29, 1.82) is 0 Å². The number of hydrazine groups is 1. The molecule has 4 nitrogen and oxygen atoms in total. The molecule has 1 saturated carbocycles. The largest absolute Gasteiger partial charge is 0.289 e. The van der Waals surface area contributed by atoms with Gasteiger partial charge in [-0.05, 0) is 19.1 Å². The zero-order chi connectivity index (χ0) is 10.8. The number of carbonyl (C=O) groups is 1. The molecule has 1 aliphatic rings. The van der Waals surface area contributed by atoms with Gasteiger partial charge in [0.25, 0.3) is 5.91 Å². The first kappa shape index (κ1) is 10.9. The van der Waals surface area contributed by atoms with Gasteiger partial charge in [-0.25, -0.2) is 10.8 Å². The van der Waals surface area contributed by atoms with Crippen molar-refractivity contribution in [2.45, 2.75) is 24.5 Å². The summed E-state index contributed by atoms with van der Waals surface area (Å²) in [4.78, 5) is 16.7. The van der Waals surface area contributed by atoms with E-state index in [1.165, 1.54) is 11.3 Å². The van der Waals surface area contributed by atoms with Gasteiger partial charge in [-0.3, -0.25) is 10.2 Å². The molecule has 1 aliphatic carbocycles. The molecular formula is C9H13N3OS2. The first-order chi connectivity index (χ1) is 7.26. The second-order valence-electron chi connectivity index (χ2n) is 3.50. The predicted molar refractivity (Wildman–Crippen MR) is 63.0 cm³/mol. The Morgan fingerprint density at radius 1 is 1.73 bits per heavy atom. The van der Waals surface area contributed by atoms with Crippen LogP contribution >= 0.6 is 23.1 Å². The lowest BCUT2D eigenvalue weighted by molar-refractivity contribution is 0.0956. The number of nitrogens with two attached hydrogens (primary N) is 1. The minimum atomic E-state index is -0.207. The topological polar surface area (TPSA) is 68.0 Å². The first-order valence-corrected chi connectivity index (χ1v) is 6.96. The van der Waals surface area contributed by atoms with Crippen LogP contribution in [0.15, 0.2) is 0 Å². The van der Waals surface area contributed by atoms with Crippen molar-refractivity contribution in [3.8, 4) is 0 Å². The fraction of sp³-hybridized carbons (Fsp3) is 0.556. The smallest absolute Gasteiger partial charge is 0.277 e. The zero-order valence-electron chi connectivity index (χ0n) is 8.45. The van der Waals surface area contributed by atoms with Gasteiger partial charge in [-0.2, -0.15) is 11.8 Å². The fourth-order valence-electron chi connectivity index (χ4n) is 1.42. The lowest BCUT2D eigenvalue weighted by Gasteiger charge is -1.97. The summed E-state index contributed by atoms with van der Waals surface area (Å²) in [7, 11) is 0. The number of thioether (sulfide) groups is 1. The van der Waals surface area contributed by atoms with Crippen molar-refractivity contribution in [3.63, 3.8) is 0 Å². The summed E-state index contributed by atoms with van der Waals surface area (Å²) in [6.07, 6.45) is 4.32. The summed E-state index contributed by atoms with van der Waals surface area (Å²) in [5.41, 5.74) is 3.14. The van der Waals surface area contributed by atoms with Gasteiger partial charge in [0.1, 0.15) is 9.88 Å². The molecule has 0 atom stereocenters. The van der Waals surface area contributed by atoms with Gasteiger partial charge < -0.3 is 0 Å². The summed E-state index contributed by atoms with van der Waals surface area (Å²) < 4.78 is 0. The van der Waals surface area contributed by atoms with E-state index in [1.807, 2.05) is 6.26 Å². The van der Waals surface area contributed by atoms with Gasteiger partial charge >= 0.3 is 0 Å². The Balaban J connectivity index is 2.28. The van der Waals surface area contributed by atoms with Crippen molar-refractivity contribution >= 4 is 29.0 Å². The van der Waals surface area contributed by atoms with Gasteiger partial charge in [0.15, 0.2) is 0 Å². The predicted octanol–water partition coefficient (Wildman–Crippen LogP) is 1.49. The Morgan fingerprint density at radius 2 is 2.47 bits per heavy atom. The number of hydrogen-bond donors (Lipinski definition) is 2. The Hall–Kier alpha value is -0.590. The minimum Gasteiger partial charge on any atom is -0.289 e. The zero-order valence-corrected chi connectivity index (χ0v) is 10.1. The van der Waals surface area contributed by atoms with Gasteiger partial charge in [0, 0.05) is 11.7 Å². The molecule has 1 aromatic heterocycles. The summed E-state index contributed by atoms with van der Waals surface area (Å²) in [5, 5.41) is 1.02. The van der Waals surface area contributed by atoms with Crippen LogP contribution in [0.3, 0.4) is 0 Å². The molecule has 15 heavy (non-hydrogen) atoms. The Bertz CT molecular complexity index is 373. The van der Waals surface area contributed by atoms with Crippen molar-refractivity contribution < 1.29 is 4.79 Å². The molecule has 1 fully saturated rings. The van der Waals surface area contributed by atoms with Crippen LogP contribution in [-0.4, -0.2) is 17.1 Å². The quantitative estimate of drug-likeness (QED) is 0.477. The third kappa shape index (κ3) is 2.32. The van der Waals surface area contributed by atoms with Crippen LogP contribution in [0.25, 0.3) is 0 Å². The van der Waals surface area contributed by atoms with E-state index in [2.05, 4.69) is 10.4 Å². The maximum absolute atomic E-state index is 11.5. The maximum Gasteiger partial charge on any atom is 0.277 e. The van der Waals surface area contributed by atoms with E-state index in [0.29, 0.717) is 10.8 Å². The van der Waals surface area contributed by atoms with Crippen LogP contribution in [0.5, 0.6) is 0 Å². The van der Waals surface area contributed by atoms with E-state index in [4.69, 9.17) is 5.84 Å². The van der Waals surface area contributed by atoms with Gasteiger partial charge in [-0.1, -0.05) is 0 Å². The lowest BCUT2D eigenvalue weighted by atomic mass is 10.2. The van der Waals surface area contributed by atoms with Crippen LogP contribution in [0.2, 0.25) is 0 Å². The number of aromatic nitrogens is 1. The highest BCUT2D eigenvalue weighted by Gasteiger charge is 2.31. The van der Waals surface area contributed by atoms with Crippen LogP contribution in [-0.2, 0) is 5.75 Å². The average Bonchev–Trinajstić information content (AvgIpc) is 3.00. The number of carbonyl (C=O) groups excluding carboxylic acids is 1. The van der Waals surface area contributed by atoms with E-state index in [-0.39, 0.29) is 5.91 Å². The molecule has 82 valence electrons. The summed E-state index contributed by atoms with van der Waals surface area (Å²) in [6, 6.07) is 0. The average molecular weight is 243 g/mol. The SMILES string of the molecule is CSCc1nc(C2CC2)c(C(=O)NN)s1. The first-order valence-electron chi connectivity index (χ1n) is 4.75. The molecule has 0 saturated heterocycles. The van der Waals surface area contributed by atoms with E-state index >= 15 is 0 Å². The molecule has 0 bridgehead atoms. The maximum atomic E-state index is 11.5. The van der Waals surface area contributed by atoms with Gasteiger partial charge in [0.05, 0.1) is 5.69 Å². The van der Waals surface area contributed by atoms with Gasteiger partial charge in [0.2, 0.25) is 0 Å². The van der Waals surface area contributed by atoms with Crippen molar-refractivity contribution in [1.82, 2.24) is 10.4 Å². The summed E-state index contributed by atoms with van der Waals surface area (Å²) in [6.45, 7) is 0. The minimum absolute atomic E-state index is 0.207. The van der Waals surface area contributed by atoms with Gasteiger partial charge in [-0.15, -0.1) is 11.3 Å². The highest BCUT2D eigenvalue weighted by Crippen LogP contribution is 2.42. The monoisotopic (exact) mass is 243 g/mol. The molecule has 0 spiro atoms. The molecule has 0 aromatic carbocycles. The van der Waals surface area contributed by atoms with E-state index in [9.17, 15) is 4.79 Å². The standard InChI is InChI=1S/C9H13N3OS2/c1-14-4-6-11-7(5-2-3-5)8(15-6)9(13)12-10/h5H,2-4,10H2,1H3,(H,12,13). The summed E-state index contributed by atoms with van der Waals surface area (Å²) in [5.74, 6) is 6.30. The fourth-order valence-corrected chi connectivity index (χ4v) is 3.17. The molecule has 0 unspecified atom stereocenters. The molecule has 3 N–H and O–H groups in total. The number of rotatable bonds is 4. The molecule has 2 rings (SSSR count). The Morgan fingerprint density at radius 3 is 3.00 bits per heavy atom. The molecule has 1 amide bonds. The Labute approximate surface area is 96.6 Å². The lowest BCUT2D eigenvalue weighted by Crippen LogP contribution is -2.30. The molecule has 0 radical (unpaired) electrons. The van der Waals surface area contributed by atoms with E-state index in [0.717, 1.165) is 29.3 Å². The molecule has 1 aromatic rings. The second kappa shape index (κ2) is 4.51. The van der Waals surface area contributed by atoms with Crippen LogP contribution in [0.4, 0.5) is 0 Å². The van der Waals surface area contributed by atoms with Crippen LogP contribution in [0, 0.1) is 0 Å². The number of thiazole rings is 1. The number of amides is 1. The summed E-state index contributed by atoms with van der Waals surface area (Å²) >= 11 is 3.17. The highest BCUT2D eigenvalue weighted by atomic mass is 32.2. The van der Waals surface area contributed by atoms with E-state index in [1.54, 1.807) is 11.8 Å². The number of nitrogen functional groups attached to an aromatic ring is 1. The molecule has 1 heterocycles. The van der Waals surface area contributed by atoms with Crippen LogP contribution in [0.1, 0.15) is 39.1 Å².